The van der Waals surface area contributed by atoms with Crippen LogP contribution in [0.15, 0.2) is 36.4 Å². The summed E-state index contributed by atoms with van der Waals surface area (Å²) in [6.07, 6.45) is 0. The topological polar surface area (TPSA) is 26.0 Å². The molecule has 0 saturated heterocycles. The number of hydrogen-bond donors (Lipinski definition) is 1. The third-order valence-corrected chi connectivity index (χ3v) is 3.37. The predicted octanol–water partition coefficient (Wildman–Crippen LogP) is 4.64. The average Bonchev–Trinajstić information content (AvgIpc) is 2.26. The lowest BCUT2D eigenvalue weighted by molar-refractivity contribution is 0.819. The largest absolute Gasteiger partial charge is 0.324 e. The molecule has 0 aromatic heterocycles. The first-order chi connectivity index (χ1) is 8.47. The number of nitrogens with two attached hydrogens (primary N) is 1. The highest BCUT2D eigenvalue weighted by Crippen LogP contribution is 2.29. The van der Waals surface area contributed by atoms with Crippen LogP contribution in [0.4, 0.5) is 0 Å². The van der Waals surface area contributed by atoms with E-state index < -0.39 is 0 Å². The van der Waals surface area contributed by atoms with Gasteiger partial charge in [-0.25, -0.2) is 0 Å². The van der Waals surface area contributed by atoms with Crippen LogP contribution in [-0.4, -0.2) is 0 Å². The number of hydrogen-bond acceptors (Lipinski definition) is 1. The molecule has 0 heterocycles. The molecule has 0 radical (unpaired) electrons. The second-order valence-electron chi connectivity index (χ2n) is 4.90. The minimum Gasteiger partial charge on any atom is -0.324 e. The molecule has 0 amide bonds. The molecule has 0 aliphatic rings. The van der Waals surface area contributed by atoms with Gasteiger partial charge in [-0.3, -0.25) is 0 Å². The first kappa shape index (κ1) is 13.1. The van der Waals surface area contributed by atoms with Gasteiger partial charge in [-0.2, -0.15) is 0 Å². The summed E-state index contributed by atoms with van der Waals surface area (Å²) >= 11 is 6.27. The molecule has 2 aromatic carbocycles. The van der Waals surface area contributed by atoms with Crippen molar-refractivity contribution in [3.63, 3.8) is 0 Å². The van der Waals surface area contributed by atoms with E-state index in [9.17, 15) is 0 Å². The molecule has 94 valence electrons. The van der Waals surface area contributed by atoms with Crippen LogP contribution in [0, 0.1) is 13.8 Å². The van der Waals surface area contributed by atoms with Crippen molar-refractivity contribution >= 4 is 11.6 Å². The fourth-order valence-corrected chi connectivity index (χ4v) is 2.57. The highest BCUT2D eigenvalue weighted by molar-refractivity contribution is 6.31. The lowest BCUT2D eigenvalue weighted by Gasteiger charge is -2.11. The Labute approximate surface area is 114 Å². The van der Waals surface area contributed by atoms with Crippen LogP contribution in [-0.2, 0) is 0 Å². The van der Waals surface area contributed by atoms with Crippen LogP contribution >= 0.6 is 11.6 Å². The van der Waals surface area contributed by atoms with Crippen LogP contribution < -0.4 is 5.73 Å². The Morgan fingerprint density at radius 2 is 1.56 bits per heavy atom. The molecule has 2 rings (SSSR count). The van der Waals surface area contributed by atoms with E-state index >= 15 is 0 Å². The monoisotopic (exact) mass is 259 g/mol. The summed E-state index contributed by atoms with van der Waals surface area (Å²) in [7, 11) is 0. The van der Waals surface area contributed by atoms with Crippen molar-refractivity contribution in [1.82, 2.24) is 0 Å². The van der Waals surface area contributed by atoms with E-state index in [1.807, 2.05) is 19.1 Å². The van der Waals surface area contributed by atoms with Crippen molar-refractivity contribution in [2.24, 2.45) is 5.73 Å². The summed E-state index contributed by atoms with van der Waals surface area (Å²) in [5, 5.41) is 0.738. The number of aryl methyl sites for hydroxylation is 2. The van der Waals surface area contributed by atoms with Gasteiger partial charge in [-0.1, -0.05) is 53.1 Å². The quantitative estimate of drug-likeness (QED) is 0.835. The number of benzene rings is 2. The van der Waals surface area contributed by atoms with Crippen molar-refractivity contribution in [3.05, 3.63) is 58.1 Å². The van der Waals surface area contributed by atoms with Crippen molar-refractivity contribution in [2.75, 3.05) is 0 Å². The van der Waals surface area contributed by atoms with E-state index in [2.05, 4.69) is 38.1 Å². The third-order valence-electron chi connectivity index (χ3n) is 3.05. The van der Waals surface area contributed by atoms with Gasteiger partial charge in [0.25, 0.3) is 0 Å². The van der Waals surface area contributed by atoms with Crippen molar-refractivity contribution in [2.45, 2.75) is 26.8 Å². The Balaban J connectivity index is 2.48. The maximum Gasteiger partial charge on any atom is 0.0459 e. The Bertz CT molecular complexity index is 553. The fourth-order valence-electron chi connectivity index (χ4n) is 2.22. The minimum atomic E-state index is -0.0363. The Morgan fingerprint density at radius 1 is 0.944 bits per heavy atom. The van der Waals surface area contributed by atoms with Gasteiger partial charge in [-0.15, -0.1) is 0 Å². The van der Waals surface area contributed by atoms with Crippen LogP contribution in [0.1, 0.15) is 29.7 Å². The Kier molecular flexibility index (Phi) is 3.74. The van der Waals surface area contributed by atoms with E-state index in [1.165, 1.54) is 16.7 Å². The Hall–Kier alpha value is -1.31. The molecule has 2 N–H and O–H groups in total. The van der Waals surface area contributed by atoms with Crippen LogP contribution in [0.2, 0.25) is 5.02 Å². The van der Waals surface area contributed by atoms with Crippen LogP contribution in [0.5, 0.6) is 0 Å². The normalized spacial score (nSPS) is 12.5. The maximum atomic E-state index is 6.27. The van der Waals surface area contributed by atoms with E-state index in [-0.39, 0.29) is 6.04 Å². The van der Waals surface area contributed by atoms with Crippen LogP contribution in [0.3, 0.4) is 0 Å². The summed E-state index contributed by atoms with van der Waals surface area (Å²) in [6.45, 7) is 6.15. The van der Waals surface area contributed by atoms with E-state index in [0.717, 1.165) is 16.1 Å². The molecule has 1 atom stereocenters. The standard InChI is InChI=1S/C16H18ClN/c1-10-6-11(2)8-14(7-10)13-4-5-15(12(3)18)16(17)9-13/h4-9,12H,18H2,1-3H3. The smallest absolute Gasteiger partial charge is 0.0459 e. The maximum absolute atomic E-state index is 6.27. The molecule has 1 nitrogen and oxygen atoms in total. The molecule has 0 aliphatic heterocycles. The lowest BCUT2D eigenvalue weighted by Crippen LogP contribution is -2.05. The minimum absolute atomic E-state index is 0.0363. The summed E-state index contributed by atoms with van der Waals surface area (Å²) < 4.78 is 0. The first-order valence-electron chi connectivity index (χ1n) is 6.11. The summed E-state index contributed by atoms with van der Waals surface area (Å²) in [5.74, 6) is 0. The summed E-state index contributed by atoms with van der Waals surface area (Å²) in [4.78, 5) is 0. The molecule has 2 heteroatoms. The van der Waals surface area contributed by atoms with Gasteiger partial charge in [-0.05, 0) is 43.5 Å². The number of rotatable bonds is 2. The average molecular weight is 260 g/mol. The lowest BCUT2D eigenvalue weighted by atomic mass is 9.98. The van der Waals surface area contributed by atoms with Crippen LogP contribution in [0.25, 0.3) is 11.1 Å². The molecule has 0 saturated carbocycles. The summed E-state index contributed by atoms with van der Waals surface area (Å²) in [6, 6.07) is 12.6. The van der Waals surface area contributed by atoms with Gasteiger partial charge < -0.3 is 5.73 Å². The molecule has 0 fully saturated rings. The van der Waals surface area contributed by atoms with Gasteiger partial charge in [0, 0.05) is 11.1 Å². The molecule has 0 spiro atoms. The molecule has 0 aliphatic carbocycles. The van der Waals surface area contributed by atoms with Gasteiger partial charge in [0.15, 0.2) is 0 Å². The van der Waals surface area contributed by atoms with Gasteiger partial charge in [0.2, 0.25) is 0 Å². The van der Waals surface area contributed by atoms with Gasteiger partial charge >= 0.3 is 0 Å². The van der Waals surface area contributed by atoms with Gasteiger partial charge in [0.05, 0.1) is 0 Å². The first-order valence-corrected chi connectivity index (χ1v) is 6.49. The van der Waals surface area contributed by atoms with Crippen molar-refractivity contribution in [1.29, 1.82) is 0 Å². The van der Waals surface area contributed by atoms with Crippen molar-refractivity contribution < 1.29 is 0 Å². The molecular weight excluding hydrogens is 242 g/mol. The Morgan fingerprint density at radius 3 is 2.06 bits per heavy atom. The SMILES string of the molecule is Cc1cc(C)cc(-c2ccc(C(C)N)c(Cl)c2)c1. The third kappa shape index (κ3) is 2.74. The molecule has 0 bridgehead atoms. The van der Waals surface area contributed by atoms with Gasteiger partial charge in [0.1, 0.15) is 0 Å². The number of halogens is 1. The predicted molar refractivity (Wildman–Crippen MR) is 79.0 cm³/mol. The van der Waals surface area contributed by atoms with E-state index in [4.69, 9.17) is 17.3 Å². The second kappa shape index (κ2) is 5.13. The molecule has 2 aromatic rings. The molecule has 1 unspecified atom stereocenters. The second-order valence-corrected chi connectivity index (χ2v) is 5.31. The molecule has 18 heavy (non-hydrogen) atoms. The van der Waals surface area contributed by atoms with E-state index in [1.54, 1.807) is 0 Å². The van der Waals surface area contributed by atoms with E-state index in [0.29, 0.717) is 0 Å². The zero-order chi connectivity index (χ0) is 13.3. The van der Waals surface area contributed by atoms with Crippen molar-refractivity contribution in [3.8, 4) is 11.1 Å². The zero-order valence-corrected chi connectivity index (χ0v) is 11.8. The summed E-state index contributed by atoms with van der Waals surface area (Å²) in [5.41, 5.74) is 11.7. The highest BCUT2D eigenvalue weighted by Gasteiger charge is 2.07. The highest BCUT2D eigenvalue weighted by atomic mass is 35.5. The zero-order valence-electron chi connectivity index (χ0n) is 11.0. The fraction of sp³-hybridized carbons (Fsp3) is 0.250. The molecular formula is C16H18ClN.